The van der Waals surface area contributed by atoms with Gasteiger partial charge in [-0.15, -0.1) is 0 Å². The van der Waals surface area contributed by atoms with E-state index in [4.69, 9.17) is 9.47 Å². The van der Waals surface area contributed by atoms with Crippen molar-refractivity contribution in [3.8, 4) is 11.5 Å². The maximum atomic E-state index is 13.3. The number of rotatable bonds is 5. The number of carbonyl (C=O) groups is 2. The molecule has 1 aromatic carbocycles. The molecule has 4 saturated carbocycles. The Balaban J connectivity index is 1.39. The van der Waals surface area contributed by atoms with Crippen molar-refractivity contribution in [2.45, 2.75) is 51.0 Å². The molecule has 0 radical (unpaired) electrons. The molecule has 1 heterocycles. The molecule has 4 bridgehead atoms. The predicted molar refractivity (Wildman–Crippen MR) is 93.7 cm³/mol. The Morgan fingerprint density at radius 1 is 1.07 bits per heavy atom. The van der Waals surface area contributed by atoms with Crippen molar-refractivity contribution < 1.29 is 24.2 Å². The fourth-order valence-corrected chi connectivity index (χ4v) is 6.25. The zero-order valence-electron chi connectivity index (χ0n) is 15.2. The highest BCUT2D eigenvalue weighted by molar-refractivity contribution is 5.84. The van der Waals surface area contributed by atoms with Crippen LogP contribution in [-0.2, 0) is 9.59 Å². The average molecular weight is 370 g/mol. The molecule has 4 fully saturated rings. The minimum absolute atomic E-state index is 0.0190. The van der Waals surface area contributed by atoms with Gasteiger partial charge in [0.05, 0.1) is 6.04 Å². The molecular weight excluding hydrogens is 346 g/mol. The summed E-state index contributed by atoms with van der Waals surface area (Å²) in [5.41, 5.74) is 0.400. The number of hydrogen-bond donors (Lipinski definition) is 1. The third kappa shape index (κ3) is 2.95. The van der Waals surface area contributed by atoms with Gasteiger partial charge in [-0.1, -0.05) is 6.07 Å². The Labute approximate surface area is 158 Å². The van der Waals surface area contributed by atoms with Crippen molar-refractivity contribution in [3.05, 3.63) is 23.8 Å². The van der Waals surface area contributed by atoms with E-state index in [1.807, 2.05) is 0 Å². The molecule has 4 aliphatic carbocycles. The molecule has 1 amide bonds. The molecule has 1 N–H and O–H groups in total. The first-order valence-electron chi connectivity index (χ1n) is 9.91. The highest BCUT2D eigenvalue weighted by atomic mass is 16.7. The summed E-state index contributed by atoms with van der Waals surface area (Å²) in [4.78, 5) is 24.6. The molecule has 0 unspecified atom stereocenters. The molecule has 0 spiro atoms. The standard InChI is InChI=1S/C21H25NO5/c23-19(24)7-16(15-1-2-17-18(6-15)27-11-26-17)22-20(25)21-8-12-3-13(9-21)5-14(4-12)10-21/h1-2,6,12-14,16H,3-5,7-11H2,(H,22,25)(H,23,24)/p-1/t12?,13?,14?,16-,21?/m0/s1. The molecule has 0 aromatic heterocycles. The normalized spacial score (nSPS) is 33.7. The monoisotopic (exact) mass is 370 g/mol. The summed E-state index contributed by atoms with van der Waals surface area (Å²) >= 11 is 0. The van der Waals surface area contributed by atoms with E-state index < -0.39 is 12.0 Å². The summed E-state index contributed by atoms with van der Waals surface area (Å²) in [6, 6.07) is 4.69. The number of carboxylic acids is 1. The number of nitrogens with one attached hydrogen (secondary N) is 1. The Hall–Kier alpha value is -2.24. The van der Waals surface area contributed by atoms with Crippen molar-refractivity contribution in [1.82, 2.24) is 5.32 Å². The van der Waals surface area contributed by atoms with Crippen molar-refractivity contribution in [3.63, 3.8) is 0 Å². The summed E-state index contributed by atoms with van der Waals surface area (Å²) in [5.74, 6) is 2.04. The van der Waals surface area contributed by atoms with Gasteiger partial charge in [0.15, 0.2) is 11.5 Å². The Morgan fingerprint density at radius 3 is 2.33 bits per heavy atom. The second-order valence-corrected chi connectivity index (χ2v) is 8.91. The quantitative estimate of drug-likeness (QED) is 0.856. The maximum absolute atomic E-state index is 13.3. The lowest BCUT2D eigenvalue weighted by molar-refractivity contribution is -0.306. The van der Waals surface area contributed by atoms with Crippen molar-refractivity contribution in [2.24, 2.45) is 23.2 Å². The van der Waals surface area contributed by atoms with Gasteiger partial charge in [-0.2, -0.15) is 0 Å². The summed E-state index contributed by atoms with van der Waals surface area (Å²) in [7, 11) is 0. The van der Waals surface area contributed by atoms with Gasteiger partial charge in [0.1, 0.15) is 0 Å². The zero-order chi connectivity index (χ0) is 18.6. The van der Waals surface area contributed by atoms with E-state index in [1.165, 1.54) is 19.3 Å². The third-order valence-corrected chi connectivity index (χ3v) is 7.00. The number of carboxylic acid groups (broad SMARTS) is 1. The van der Waals surface area contributed by atoms with Crippen LogP contribution in [-0.4, -0.2) is 18.7 Å². The molecule has 6 heteroatoms. The number of carbonyl (C=O) groups excluding carboxylic acids is 2. The minimum atomic E-state index is -1.18. The molecular formula is C21H24NO5-. The highest BCUT2D eigenvalue weighted by Crippen LogP contribution is 2.60. The van der Waals surface area contributed by atoms with Crippen LogP contribution in [0.25, 0.3) is 0 Å². The van der Waals surface area contributed by atoms with E-state index >= 15 is 0 Å². The van der Waals surface area contributed by atoms with E-state index in [2.05, 4.69) is 5.32 Å². The number of amides is 1. The van der Waals surface area contributed by atoms with Gasteiger partial charge in [-0.05, 0) is 74.0 Å². The van der Waals surface area contributed by atoms with Gasteiger partial charge in [0.25, 0.3) is 0 Å². The first-order chi connectivity index (χ1) is 13.0. The smallest absolute Gasteiger partial charge is 0.231 e. The van der Waals surface area contributed by atoms with E-state index in [0.717, 1.165) is 19.3 Å². The summed E-state index contributed by atoms with van der Waals surface area (Å²) in [6.45, 7) is 0.156. The molecule has 5 aliphatic rings. The molecule has 1 aromatic rings. The maximum Gasteiger partial charge on any atom is 0.231 e. The highest BCUT2D eigenvalue weighted by Gasteiger charge is 2.54. The van der Waals surface area contributed by atoms with E-state index in [1.54, 1.807) is 18.2 Å². The number of benzene rings is 1. The summed E-state index contributed by atoms with van der Waals surface area (Å²) in [5, 5.41) is 14.4. The largest absolute Gasteiger partial charge is 0.550 e. The second-order valence-electron chi connectivity index (χ2n) is 8.91. The lowest BCUT2D eigenvalue weighted by atomic mass is 9.49. The van der Waals surface area contributed by atoms with Crippen LogP contribution in [0.4, 0.5) is 0 Å². The van der Waals surface area contributed by atoms with Crippen LogP contribution in [0.1, 0.15) is 56.6 Å². The number of hydrogen-bond acceptors (Lipinski definition) is 5. The lowest BCUT2D eigenvalue weighted by Crippen LogP contribution is -2.54. The van der Waals surface area contributed by atoms with Gasteiger partial charge in [0.2, 0.25) is 12.7 Å². The van der Waals surface area contributed by atoms with Crippen LogP contribution < -0.4 is 19.9 Å². The average Bonchev–Trinajstić information content (AvgIpc) is 3.07. The molecule has 0 saturated heterocycles. The zero-order valence-corrected chi connectivity index (χ0v) is 15.2. The van der Waals surface area contributed by atoms with Gasteiger partial charge in [-0.25, -0.2) is 0 Å². The van der Waals surface area contributed by atoms with Gasteiger partial charge in [-0.3, -0.25) is 4.79 Å². The Morgan fingerprint density at radius 2 is 1.70 bits per heavy atom. The van der Waals surface area contributed by atoms with Crippen molar-refractivity contribution >= 4 is 11.9 Å². The molecule has 1 aliphatic heterocycles. The minimum Gasteiger partial charge on any atom is -0.550 e. The fourth-order valence-electron chi connectivity index (χ4n) is 6.25. The summed E-state index contributed by atoms with van der Waals surface area (Å²) < 4.78 is 10.7. The lowest BCUT2D eigenvalue weighted by Gasteiger charge is -2.55. The first kappa shape index (κ1) is 16.9. The van der Waals surface area contributed by atoms with E-state index in [9.17, 15) is 14.7 Å². The first-order valence-corrected chi connectivity index (χ1v) is 9.91. The number of aliphatic carboxylic acids is 1. The molecule has 6 rings (SSSR count). The molecule has 6 nitrogen and oxygen atoms in total. The van der Waals surface area contributed by atoms with Gasteiger partial charge < -0.3 is 24.7 Å². The van der Waals surface area contributed by atoms with E-state index in [0.29, 0.717) is 34.8 Å². The van der Waals surface area contributed by atoms with Crippen LogP contribution in [0.5, 0.6) is 11.5 Å². The van der Waals surface area contributed by atoms with Crippen LogP contribution in [0.2, 0.25) is 0 Å². The van der Waals surface area contributed by atoms with Gasteiger partial charge in [0, 0.05) is 17.8 Å². The van der Waals surface area contributed by atoms with Crippen LogP contribution in [0.3, 0.4) is 0 Å². The third-order valence-electron chi connectivity index (χ3n) is 7.00. The Bertz CT molecular complexity index is 753. The topological polar surface area (TPSA) is 87.7 Å². The van der Waals surface area contributed by atoms with Crippen molar-refractivity contribution in [2.75, 3.05) is 6.79 Å². The molecule has 144 valence electrons. The van der Waals surface area contributed by atoms with Crippen LogP contribution in [0.15, 0.2) is 18.2 Å². The SMILES string of the molecule is O=C([O-])C[C@H](NC(=O)C12CC3CC(CC(C3)C1)C2)c1ccc2c(c1)OCO2. The van der Waals surface area contributed by atoms with Crippen LogP contribution in [0, 0.1) is 23.2 Å². The number of fused-ring (bicyclic) bond motifs is 1. The van der Waals surface area contributed by atoms with E-state index in [-0.39, 0.29) is 24.5 Å². The van der Waals surface area contributed by atoms with Crippen molar-refractivity contribution in [1.29, 1.82) is 0 Å². The van der Waals surface area contributed by atoms with Crippen LogP contribution >= 0.6 is 0 Å². The predicted octanol–water partition coefficient (Wildman–Crippen LogP) is 1.93. The fraction of sp³-hybridized carbons (Fsp3) is 0.619. The summed E-state index contributed by atoms with van der Waals surface area (Å²) in [6.07, 6.45) is 6.38. The molecule has 1 atom stereocenters. The molecule has 27 heavy (non-hydrogen) atoms. The second kappa shape index (κ2) is 6.14. The number of ether oxygens (including phenoxy) is 2. The Kier molecular flexibility index (Phi) is 3.85. The van der Waals surface area contributed by atoms with Gasteiger partial charge >= 0.3 is 0 Å².